The van der Waals surface area contributed by atoms with Gasteiger partial charge in [0.25, 0.3) is 0 Å². The predicted molar refractivity (Wildman–Crippen MR) is 76.8 cm³/mol. The number of benzene rings is 1. The Bertz CT molecular complexity index is 536. The average Bonchev–Trinajstić information content (AvgIpc) is 2.33. The van der Waals surface area contributed by atoms with E-state index in [4.69, 9.17) is 0 Å². The van der Waals surface area contributed by atoms with E-state index < -0.39 is 11.5 Å². The van der Waals surface area contributed by atoms with Crippen LogP contribution in [0.25, 0.3) is 0 Å². The summed E-state index contributed by atoms with van der Waals surface area (Å²) in [5.74, 6) is -1.09. The van der Waals surface area contributed by atoms with Gasteiger partial charge in [0, 0.05) is 5.69 Å². The predicted octanol–water partition coefficient (Wildman–Crippen LogP) is 1.84. The Hall–Kier alpha value is -1.88. The van der Waals surface area contributed by atoms with E-state index >= 15 is 0 Å². The lowest BCUT2D eigenvalue weighted by atomic mass is 9.77. The van der Waals surface area contributed by atoms with Crippen molar-refractivity contribution < 1.29 is 14.7 Å². The van der Waals surface area contributed by atoms with Gasteiger partial charge < -0.3 is 10.4 Å². The first-order valence-electron chi connectivity index (χ1n) is 6.79. The highest BCUT2D eigenvalue weighted by Gasteiger charge is 2.44. The molecule has 1 aliphatic carbocycles. The monoisotopic (exact) mass is 276 g/mol. The first-order valence-corrected chi connectivity index (χ1v) is 6.79. The molecule has 0 spiro atoms. The highest BCUT2D eigenvalue weighted by molar-refractivity contribution is 5.93. The van der Waals surface area contributed by atoms with Gasteiger partial charge >= 0.3 is 5.97 Å². The summed E-state index contributed by atoms with van der Waals surface area (Å²) in [5, 5.41) is 14.9. The molecule has 0 bridgehead atoms. The highest BCUT2D eigenvalue weighted by Crippen LogP contribution is 2.31. The van der Waals surface area contributed by atoms with Gasteiger partial charge in [-0.15, -0.1) is 0 Å². The molecule has 1 aromatic carbocycles. The molecule has 0 radical (unpaired) electrons. The number of carbonyl (C=O) groups is 2. The van der Waals surface area contributed by atoms with Crippen LogP contribution in [0.2, 0.25) is 0 Å². The summed E-state index contributed by atoms with van der Waals surface area (Å²) in [7, 11) is 0. The summed E-state index contributed by atoms with van der Waals surface area (Å²) in [6, 6.07) is 5.71. The van der Waals surface area contributed by atoms with Gasteiger partial charge in [0.15, 0.2) is 0 Å². The standard InChI is InChI=1S/C15H20N2O3/c1-10-5-3-6-12(11(10)2)17-13(18)9-16-15(14(19)20)7-4-8-15/h3,5-6,16H,4,7-9H2,1-2H3,(H,17,18)(H,19,20). The maximum Gasteiger partial charge on any atom is 0.323 e. The molecule has 0 aliphatic heterocycles. The first-order chi connectivity index (χ1) is 9.44. The van der Waals surface area contributed by atoms with Crippen LogP contribution >= 0.6 is 0 Å². The van der Waals surface area contributed by atoms with E-state index in [1.54, 1.807) is 0 Å². The molecule has 2 rings (SSSR count). The summed E-state index contributed by atoms with van der Waals surface area (Å²) < 4.78 is 0. The number of nitrogens with one attached hydrogen (secondary N) is 2. The zero-order valence-corrected chi connectivity index (χ0v) is 11.8. The normalized spacial score (nSPS) is 16.3. The van der Waals surface area contributed by atoms with Crippen molar-refractivity contribution in [3.8, 4) is 0 Å². The molecule has 108 valence electrons. The molecule has 0 saturated heterocycles. The van der Waals surface area contributed by atoms with Crippen molar-refractivity contribution in [2.45, 2.75) is 38.6 Å². The van der Waals surface area contributed by atoms with Crippen LogP contribution in [-0.4, -0.2) is 29.1 Å². The van der Waals surface area contributed by atoms with Crippen molar-refractivity contribution in [3.05, 3.63) is 29.3 Å². The number of carboxylic acids is 1. The van der Waals surface area contributed by atoms with Crippen molar-refractivity contribution in [3.63, 3.8) is 0 Å². The number of hydrogen-bond donors (Lipinski definition) is 3. The Kier molecular flexibility index (Phi) is 4.09. The number of aryl methyl sites for hydroxylation is 1. The van der Waals surface area contributed by atoms with Gasteiger partial charge in [-0.05, 0) is 50.3 Å². The van der Waals surface area contributed by atoms with E-state index in [1.165, 1.54) is 0 Å². The minimum Gasteiger partial charge on any atom is -0.480 e. The smallest absolute Gasteiger partial charge is 0.323 e. The topological polar surface area (TPSA) is 78.4 Å². The minimum absolute atomic E-state index is 0.0136. The summed E-state index contributed by atoms with van der Waals surface area (Å²) in [6.45, 7) is 3.94. The van der Waals surface area contributed by atoms with Crippen LogP contribution in [0.15, 0.2) is 18.2 Å². The van der Waals surface area contributed by atoms with Gasteiger partial charge in [-0.2, -0.15) is 0 Å². The van der Waals surface area contributed by atoms with E-state index in [1.807, 2.05) is 32.0 Å². The van der Waals surface area contributed by atoms with Crippen LogP contribution in [0.1, 0.15) is 30.4 Å². The third-order valence-electron chi connectivity index (χ3n) is 4.08. The minimum atomic E-state index is -0.904. The lowest BCUT2D eigenvalue weighted by Gasteiger charge is -2.38. The van der Waals surface area contributed by atoms with E-state index in [0.29, 0.717) is 12.8 Å². The Morgan fingerprint density at radius 2 is 2.00 bits per heavy atom. The fraction of sp³-hybridized carbons (Fsp3) is 0.467. The number of rotatable bonds is 5. The highest BCUT2D eigenvalue weighted by atomic mass is 16.4. The molecular weight excluding hydrogens is 256 g/mol. The van der Waals surface area contributed by atoms with Gasteiger partial charge in [-0.3, -0.25) is 14.9 Å². The summed E-state index contributed by atoms with van der Waals surface area (Å²) in [5.41, 5.74) is 2.00. The summed E-state index contributed by atoms with van der Waals surface area (Å²) in [4.78, 5) is 23.1. The molecule has 5 nitrogen and oxygen atoms in total. The number of amides is 1. The molecule has 1 aromatic rings. The molecule has 20 heavy (non-hydrogen) atoms. The molecule has 5 heteroatoms. The molecule has 3 N–H and O–H groups in total. The second-order valence-electron chi connectivity index (χ2n) is 5.39. The van der Waals surface area contributed by atoms with E-state index in [-0.39, 0.29) is 12.5 Å². The molecule has 0 aromatic heterocycles. The van der Waals surface area contributed by atoms with Crippen LogP contribution in [0, 0.1) is 13.8 Å². The number of carboxylic acid groups (broad SMARTS) is 1. The molecule has 1 amide bonds. The fourth-order valence-corrected chi connectivity index (χ4v) is 2.33. The van der Waals surface area contributed by atoms with Crippen molar-refractivity contribution in [2.75, 3.05) is 11.9 Å². The third kappa shape index (κ3) is 2.82. The van der Waals surface area contributed by atoms with Crippen LogP contribution < -0.4 is 10.6 Å². The van der Waals surface area contributed by atoms with E-state index in [9.17, 15) is 14.7 Å². The zero-order valence-electron chi connectivity index (χ0n) is 11.8. The van der Waals surface area contributed by atoms with Gasteiger partial charge in [0.05, 0.1) is 6.54 Å². The number of anilines is 1. The van der Waals surface area contributed by atoms with Crippen molar-refractivity contribution in [1.82, 2.24) is 5.32 Å². The van der Waals surface area contributed by atoms with Crippen LogP contribution in [0.5, 0.6) is 0 Å². The van der Waals surface area contributed by atoms with Gasteiger partial charge in [0.1, 0.15) is 5.54 Å². The lowest BCUT2D eigenvalue weighted by molar-refractivity contribution is -0.148. The first kappa shape index (κ1) is 14.5. The number of hydrogen-bond acceptors (Lipinski definition) is 3. The molecular formula is C15H20N2O3. The summed E-state index contributed by atoms with van der Waals surface area (Å²) >= 11 is 0. The largest absolute Gasteiger partial charge is 0.480 e. The second-order valence-corrected chi connectivity index (χ2v) is 5.39. The molecule has 1 aliphatic rings. The van der Waals surface area contributed by atoms with Crippen molar-refractivity contribution >= 4 is 17.6 Å². The molecule has 0 unspecified atom stereocenters. The van der Waals surface area contributed by atoms with Crippen LogP contribution in [0.3, 0.4) is 0 Å². The molecule has 0 atom stereocenters. The number of aliphatic carboxylic acids is 1. The fourth-order valence-electron chi connectivity index (χ4n) is 2.33. The molecule has 1 saturated carbocycles. The SMILES string of the molecule is Cc1cccc(NC(=O)CNC2(C(=O)O)CCC2)c1C. The quantitative estimate of drug-likeness (QED) is 0.766. The van der Waals surface area contributed by atoms with E-state index in [2.05, 4.69) is 10.6 Å². The Morgan fingerprint density at radius 3 is 2.55 bits per heavy atom. The average molecular weight is 276 g/mol. The zero-order chi connectivity index (χ0) is 14.8. The van der Waals surface area contributed by atoms with Crippen LogP contribution in [-0.2, 0) is 9.59 Å². The lowest BCUT2D eigenvalue weighted by Crippen LogP contribution is -2.58. The maximum atomic E-state index is 11.9. The Balaban J connectivity index is 1.93. The van der Waals surface area contributed by atoms with Gasteiger partial charge in [0.2, 0.25) is 5.91 Å². The molecule has 1 fully saturated rings. The summed E-state index contributed by atoms with van der Waals surface area (Å²) in [6.07, 6.45) is 2.05. The second kappa shape index (κ2) is 5.63. The van der Waals surface area contributed by atoms with Gasteiger partial charge in [-0.1, -0.05) is 12.1 Å². The van der Waals surface area contributed by atoms with Crippen LogP contribution in [0.4, 0.5) is 5.69 Å². The van der Waals surface area contributed by atoms with Gasteiger partial charge in [-0.25, -0.2) is 0 Å². The Labute approximate surface area is 118 Å². The maximum absolute atomic E-state index is 11.9. The third-order valence-corrected chi connectivity index (χ3v) is 4.08. The van der Waals surface area contributed by atoms with Crippen molar-refractivity contribution in [1.29, 1.82) is 0 Å². The number of carbonyl (C=O) groups excluding carboxylic acids is 1. The van der Waals surface area contributed by atoms with E-state index in [0.717, 1.165) is 23.2 Å². The Morgan fingerprint density at radius 1 is 1.30 bits per heavy atom. The molecule has 0 heterocycles. The van der Waals surface area contributed by atoms with Crippen molar-refractivity contribution in [2.24, 2.45) is 0 Å².